The van der Waals surface area contributed by atoms with E-state index in [1.54, 1.807) is 4.68 Å². The number of nitrogens with one attached hydrogen (secondary N) is 1. The van der Waals surface area contributed by atoms with E-state index in [4.69, 9.17) is 0 Å². The van der Waals surface area contributed by atoms with Gasteiger partial charge in [0.2, 0.25) is 11.1 Å². The molecule has 2 aromatic rings. The molecule has 8 heteroatoms. The number of nitrogens with zero attached hydrogens (tertiary/aromatic N) is 5. The van der Waals surface area contributed by atoms with Gasteiger partial charge in [-0.15, -0.1) is 5.10 Å². The zero-order chi connectivity index (χ0) is 18.9. The Morgan fingerprint density at radius 1 is 1.27 bits per heavy atom. The molecule has 0 spiro atoms. The Bertz CT molecular complexity index is 673. The van der Waals surface area contributed by atoms with E-state index in [2.05, 4.69) is 51.7 Å². The third-order valence-electron chi connectivity index (χ3n) is 3.83. The molecule has 142 valence electrons. The maximum absolute atomic E-state index is 12.5. The number of carbonyl (C=O) groups is 1. The lowest BCUT2D eigenvalue weighted by Crippen LogP contribution is -2.31. The predicted octanol–water partition coefficient (Wildman–Crippen LogP) is 2.23. The van der Waals surface area contributed by atoms with Gasteiger partial charge in [0.1, 0.15) is 0 Å². The number of likely N-dealkylation sites (N-methyl/N-ethyl adjacent to an activating group) is 1. The second-order valence-corrected chi connectivity index (χ2v) is 7.88. The third kappa shape index (κ3) is 6.76. The molecular weight excluding hydrogens is 348 g/mol. The molecule has 0 saturated carbocycles. The van der Waals surface area contributed by atoms with Crippen molar-refractivity contribution in [3.63, 3.8) is 0 Å². The Morgan fingerprint density at radius 2 is 2.00 bits per heavy atom. The fourth-order valence-corrected chi connectivity index (χ4v) is 3.25. The molecule has 0 aliphatic carbocycles. The topological polar surface area (TPSA) is 75.9 Å². The molecule has 1 heterocycles. The lowest BCUT2D eigenvalue weighted by Gasteiger charge is -2.21. The first-order valence-electron chi connectivity index (χ1n) is 8.83. The average Bonchev–Trinajstić information content (AvgIpc) is 3.05. The molecule has 1 atom stereocenters. The highest BCUT2D eigenvalue weighted by Crippen LogP contribution is 2.22. The first kappa shape index (κ1) is 20.4. The van der Waals surface area contributed by atoms with E-state index in [-0.39, 0.29) is 11.9 Å². The number of benzene rings is 1. The van der Waals surface area contributed by atoms with Crippen molar-refractivity contribution in [3.05, 3.63) is 35.9 Å². The number of aromatic nitrogens is 4. The molecule has 1 aromatic heterocycles. The van der Waals surface area contributed by atoms with Gasteiger partial charge in [-0.1, -0.05) is 55.9 Å². The number of hydrogen-bond donors (Lipinski definition) is 1. The van der Waals surface area contributed by atoms with E-state index in [1.165, 1.54) is 11.8 Å². The van der Waals surface area contributed by atoms with Crippen molar-refractivity contribution in [1.29, 1.82) is 0 Å². The molecule has 26 heavy (non-hydrogen) atoms. The molecular formula is C18H28N6OS. The highest BCUT2D eigenvalue weighted by molar-refractivity contribution is 7.99. The minimum absolute atomic E-state index is 0.00772. The number of carbonyl (C=O) groups excluding carboxylic acids is 1. The van der Waals surface area contributed by atoms with Crippen LogP contribution in [-0.4, -0.2) is 57.4 Å². The number of thioether (sulfide) groups is 1. The second-order valence-electron chi connectivity index (χ2n) is 6.94. The van der Waals surface area contributed by atoms with Crippen molar-refractivity contribution in [2.75, 3.05) is 26.4 Å². The van der Waals surface area contributed by atoms with Gasteiger partial charge >= 0.3 is 0 Å². The second kappa shape index (κ2) is 10.3. The highest BCUT2D eigenvalue weighted by atomic mass is 32.2. The molecule has 0 fully saturated rings. The van der Waals surface area contributed by atoms with Crippen LogP contribution in [0.5, 0.6) is 0 Å². The summed E-state index contributed by atoms with van der Waals surface area (Å²) in [5.74, 6) is 0.780. The molecule has 0 saturated heterocycles. The molecule has 0 bridgehead atoms. The Labute approximate surface area is 159 Å². The minimum Gasteiger partial charge on any atom is -0.349 e. The van der Waals surface area contributed by atoms with E-state index in [9.17, 15) is 4.79 Å². The van der Waals surface area contributed by atoms with Gasteiger partial charge < -0.3 is 10.2 Å². The summed E-state index contributed by atoms with van der Waals surface area (Å²) >= 11 is 1.37. The van der Waals surface area contributed by atoms with Gasteiger partial charge in [0, 0.05) is 6.54 Å². The Morgan fingerprint density at radius 3 is 2.65 bits per heavy atom. The Balaban J connectivity index is 1.91. The molecule has 0 aliphatic heterocycles. The van der Waals surface area contributed by atoms with Crippen molar-refractivity contribution in [3.8, 4) is 0 Å². The molecule has 0 radical (unpaired) electrons. The minimum atomic E-state index is -0.00772. The lowest BCUT2D eigenvalue weighted by atomic mass is 9.97. The molecule has 1 amide bonds. The largest absolute Gasteiger partial charge is 0.349 e. The molecule has 0 aliphatic rings. The Kier molecular flexibility index (Phi) is 8.06. The molecule has 7 nitrogen and oxygen atoms in total. The summed E-state index contributed by atoms with van der Waals surface area (Å²) in [4.78, 5) is 14.5. The van der Waals surface area contributed by atoms with Crippen LogP contribution in [-0.2, 0) is 11.3 Å². The summed E-state index contributed by atoms with van der Waals surface area (Å²) in [6, 6.07) is 10.1. The van der Waals surface area contributed by atoms with Crippen LogP contribution in [0.2, 0.25) is 0 Å². The summed E-state index contributed by atoms with van der Waals surface area (Å²) in [7, 11) is 4.01. The van der Waals surface area contributed by atoms with E-state index < -0.39 is 0 Å². The molecule has 1 N–H and O–H groups in total. The SMILES string of the molecule is CC(C)CC(NC(=O)CSc1nnnn1CCN(C)C)c1ccccc1. The fourth-order valence-electron chi connectivity index (χ4n) is 2.54. The maximum atomic E-state index is 12.5. The van der Waals surface area contributed by atoms with Crippen LogP contribution < -0.4 is 5.32 Å². The van der Waals surface area contributed by atoms with Crippen molar-refractivity contribution >= 4 is 17.7 Å². The first-order valence-corrected chi connectivity index (χ1v) is 9.82. The van der Waals surface area contributed by atoms with Crippen LogP contribution in [0.3, 0.4) is 0 Å². The van der Waals surface area contributed by atoms with Gasteiger partial charge in [-0.2, -0.15) is 0 Å². The smallest absolute Gasteiger partial charge is 0.230 e. The van der Waals surface area contributed by atoms with Crippen molar-refractivity contribution < 1.29 is 4.79 Å². The number of tetrazole rings is 1. The quantitative estimate of drug-likeness (QED) is 0.641. The zero-order valence-corrected chi connectivity index (χ0v) is 16.7. The summed E-state index contributed by atoms with van der Waals surface area (Å²) in [5, 5.41) is 15.5. The molecule has 2 rings (SSSR count). The standard InChI is InChI=1S/C18H28N6OS/c1-14(2)12-16(15-8-6-5-7-9-15)19-17(25)13-26-18-20-21-22-24(18)11-10-23(3)4/h5-9,14,16H,10-13H2,1-4H3,(H,19,25). The molecule has 1 aromatic carbocycles. The van der Waals surface area contributed by atoms with E-state index in [0.29, 0.717) is 23.4 Å². The number of amides is 1. The van der Waals surface area contributed by atoms with Gasteiger partial charge in [0.25, 0.3) is 0 Å². The third-order valence-corrected chi connectivity index (χ3v) is 4.79. The van der Waals surface area contributed by atoms with Crippen LogP contribution in [0.25, 0.3) is 0 Å². The van der Waals surface area contributed by atoms with Crippen molar-refractivity contribution in [1.82, 2.24) is 30.4 Å². The first-order chi connectivity index (χ1) is 12.5. The van der Waals surface area contributed by atoms with Gasteiger partial charge in [0.05, 0.1) is 18.3 Å². The maximum Gasteiger partial charge on any atom is 0.230 e. The van der Waals surface area contributed by atoms with Gasteiger partial charge in [-0.05, 0) is 42.4 Å². The van der Waals surface area contributed by atoms with Crippen LogP contribution in [0.1, 0.15) is 31.9 Å². The van der Waals surface area contributed by atoms with Crippen molar-refractivity contribution in [2.45, 2.75) is 38.0 Å². The average molecular weight is 377 g/mol. The van der Waals surface area contributed by atoms with Gasteiger partial charge in [0.15, 0.2) is 0 Å². The van der Waals surface area contributed by atoms with E-state index >= 15 is 0 Å². The Hall–Kier alpha value is -1.93. The van der Waals surface area contributed by atoms with E-state index in [1.807, 2.05) is 32.3 Å². The van der Waals surface area contributed by atoms with Crippen LogP contribution in [0.15, 0.2) is 35.5 Å². The van der Waals surface area contributed by atoms with Gasteiger partial charge in [-0.25, -0.2) is 4.68 Å². The normalized spacial score (nSPS) is 12.5. The lowest BCUT2D eigenvalue weighted by molar-refractivity contribution is -0.119. The summed E-state index contributed by atoms with van der Waals surface area (Å²) < 4.78 is 1.74. The molecule has 1 unspecified atom stereocenters. The number of hydrogen-bond acceptors (Lipinski definition) is 6. The summed E-state index contributed by atoms with van der Waals surface area (Å²) in [6.45, 7) is 5.87. The fraction of sp³-hybridized carbons (Fsp3) is 0.556. The van der Waals surface area contributed by atoms with Crippen LogP contribution >= 0.6 is 11.8 Å². The van der Waals surface area contributed by atoms with Gasteiger partial charge in [-0.3, -0.25) is 4.79 Å². The number of rotatable bonds is 10. The summed E-state index contributed by atoms with van der Waals surface area (Å²) in [6.07, 6.45) is 0.904. The predicted molar refractivity (Wildman–Crippen MR) is 104 cm³/mol. The van der Waals surface area contributed by atoms with Crippen LogP contribution in [0.4, 0.5) is 0 Å². The van der Waals surface area contributed by atoms with E-state index in [0.717, 1.165) is 18.5 Å². The zero-order valence-electron chi connectivity index (χ0n) is 15.9. The summed E-state index contributed by atoms with van der Waals surface area (Å²) in [5.41, 5.74) is 1.13. The highest BCUT2D eigenvalue weighted by Gasteiger charge is 2.17. The monoisotopic (exact) mass is 376 g/mol. The van der Waals surface area contributed by atoms with Crippen LogP contribution in [0, 0.1) is 5.92 Å². The van der Waals surface area contributed by atoms with Crippen molar-refractivity contribution in [2.24, 2.45) is 5.92 Å².